The summed E-state index contributed by atoms with van der Waals surface area (Å²) in [6.45, 7) is 1.05. The van der Waals surface area contributed by atoms with Gasteiger partial charge in [-0.3, -0.25) is 0 Å². The molecule has 0 spiro atoms. The molecule has 0 radical (unpaired) electrons. The molecule has 0 atom stereocenters. The van der Waals surface area contributed by atoms with E-state index in [1.807, 2.05) is 7.05 Å². The Kier molecular flexibility index (Phi) is 4.19. The molecule has 0 aliphatic rings. The van der Waals surface area contributed by atoms with Crippen LogP contribution in [0.5, 0.6) is 0 Å². The molecule has 2 heteroatoms. The largest absolute Gasteiger partial charge is 0.319 e. The summed E-state index contributed by atoms with van der Waals surface area (Å²) < 4.78 is 0. The van der Waals surface area contributed by atoms with Crippen molar-refractivity contribution in [2.45, 2.75) is 11.3 Å². The Hall–Kier alpha value is -0.470. The second-order valence-corrected chi connectivity index (χ2v) is 3.58. The molecular formula is C10H15NS. The van der Waals surface area contributed by atoms with Crippen LogP contribution in [0, 0.1) is 0 Å². The van der Waals surface area contributed by atoms with Gasteiger partial charge >= 0.3 is 0 Å². The molecule has 0 amide bonds. The number of rotatable bonds is 4. The van der Waals surface area contributed by atoms with Crippen LogP contribution >= 0.6 is 11.8 Å². The number of likely N-dealkylation sites (N-methyl/N-ethyl adjacent to an activating group) is 1. The highest BCUT2D eigenvalue weighted by Crippen LogP contribution is 2.15. The zero-order valence-corrected chi connectivity index (χ0v) is 8.45. The lowest BCUT2D eigenvalue weighted by atomic mass is 10.1. The van der Waals surface area contributed by atoms with Crippen LogP contribution in [0.4, 0.5) is 0 Å². The van der Waals surface area contributed by atoms with Crippen molar-refractivity contribution in [1.82, 2.24) is 5.32 Å². The van der Waals surface area contributed by atoms with Crippen molar-refractivity contribution in [1.29, 1.82) is 0 Å². The van der Waals surface area contributed by atoms with Crippen molar-refractivity contribution in [2.75, 3.05) is 19.8 Å². The fourth-order valence-electron chi connectivity index (χ4n) is 1.10. The third kappa shape index (κ3) is 2.88. The summed E-state index contributed by atoms with van der Waals surface area (Å²) >= 11 is 1.80. The molecule has 12 heavy (non-hydrogen) atoms. The maximum atomic E-state index is 3.15. The van der Waals surface area contributed by atoms with Gasteiger partial charge in [-0.05, 0) is 44.0 Å². The van der Waals surface area contributed by atoms with E-state index in [2.05, 4.69) is 35.8 Å². The van der Waals surface area contributed by atoms with Crippen LogP contribution in [-0.4, -0.2) is 19.8 Å². The topological polar surface area (TPSA) is 12.0 Å². The van der Waals surface area contributed by atoms with E-state index in [0.29, 0.717) is 0 Å². The standard InChI is InChI=1S/C10H15NS/c1-11-7-6-9-4-3-5-10(8-9)12-2/h3-5,8,11H,6-7H2,1-2H3. The van der Waals surface area contributed by atoms with E-state index in [0.717, 1.165) is 13.0 Å². The lowest BCUT2D eigenvalue weighted by molar-refractivity contribution is 0.790. The maximum absolute atomic E-state index is 3.15. The van der Waals surface area contributed by atoms with Crippen LogP contribution in [-0.2, 0) is 6.42 Å². The molecule has 1 aromatic rings. The quantitative estimate of drug-likeness (QED) is 0.714. The molecular weight excluding hydrogens is 166 g/mol. The van der Waals surface area contributed by atoms with Gasteiger partial charge in [0.15, 0.2) is 0 Å². The number of thioether (sulfide) groups is 1. The summed E-state index contributed by atoms with van der Waals surface area (Å²) in [6, 6.07) is 8.70. The van der Waals surface area contributed by atoms with Crippen molar-refractivity contribution in [3.63, 3.8) is 0 Å². The molecule has 0 heterocycles. The Morgan fingerprint density at radius 3 is 2.92 bits per heavy atom. The van der Waals surface area contributed by atoms with Gasteiger partial charge in [-0.2, -0.15) is 0 Å². The van der Waals surface area contributed by atoms with E-state index < -0.39 is 0 Å². The minimum absolute atomic E-state index is 1.05. The molecule has 0 unspecified atom stereocenters. The van der Waals surface area contributed by atoms with Gasteiger partial charge < -0.3 is 5.32 Å². The Bertz CT molecular complexity index is 235. The first-order valence-electron chi connectivity index (χ1n) is 4.14. The molecule has 0 bridgehead atoms. The van der Waals surface area contributed by atoms with Crippen molar-refractivity contribution < 1.29 is 0 Å². The Labute approximate surface area is 78.6 Å². The molecule has 0 fully saturated rings. The SMILES string of the molecule is CNCCc1cccc(SC)c1. The van der Waals surface area contributed by atoms with Crippen LogP contribution in [0.3, 0.4) is 0 Å². The minimum atomic E-state index is 1.05. The van der Waals surface area contributed by atoms with Gasteiger partial charge in [0.25, 0.3) is 0 Å². The van der Waals surface area contributed by atoms with Gasteiger partial charge in [-0.25, -0.2) is 0 Å². The van der Waals surface area contributed by atoms with Crippen LogP contribution in [0.25, 0.3) is 0 Å². The highest BCUT2D eigenvalue weighted by Gasteiger charge is 1.93. The number of hydrogen-bond acceptors (Lipinski definition) is 2. The van der Waals surface area contributed by atoms with E-state index in [4.69, 9.17) is 0 Å². The van der Waals surface area contributed by atoms with Crippen LogP contribution in [0.1, 0.15) is 5.56 Å². The van der Waals surface area contributed by atoms with Crippen molar-refractivity contribution >= 4 is 11.8 Å². The zero-order valence-electron chi connectivity index (χ0n) is 7.63. The molecule has 0 aliphatic heterocycles. The van der Waals surface area contributed by atoms with Crippen LogP contribution in [0.15, 0.2) is 29.2 Å². The Morgan fingerprint density at radius 2 is 2.25 bits per heavy atom. The summed E-state index contributed by atoms with van der Waals surface area (Å²) in [4.78, 5) is 1.35. The van der Waals surface area contributed by atoms with Gasteiger partial charge in [0, 0.05) is 4.90 Å². The Balaban J connectivity index is 2.60. The van der Waals surface area contributed by atoms with E-state index in [-0.39, 0.29) is 0 Å². The second-order valence-electron chi connectivity index (χ2n) is 2.71. The molecule has 0 saturated carbocycles. The van der Waals surface area contributed by atoms with Crippen LogP contribution < -0.4 is 5.32 Å². The smallest absolute Gasteiger partial charge is 0.00718 e. The fourth-order valence-corrected chi connectivity index (χ4v) is 1.58. The van der Waals surface area contributed by atoms with E-state index >= 15 is 0 Å². The molecule has 1 nitrogen and oxygen atoms in total. The molecule has 1 N–H and O–H groups in total. The average molecular weight is 181 g/mol. The van der Waals surface area contributed by atoms with E-state index in [1.54, 1.807) is 11.8 Å². The molecule has 66 valence electrons. The summed E-state index contributed by atoms with van der Waals surface area (Å²) in [7, 11) is 1.98. The normalized spacial score (nSPS) is 10.2. The van der Waals surface area contributed by atoms with Crippen molar-refractivity contribution in [3.8, 4) is 0 Å². The number of nitrogens with one attached hydrogen (secondary N) is 1. The lowest BCUT2D eigenvalue weighted by Gasteiger charge is -2.02. The minimum Gasteiger partial charge on any atom is -0.319 e. The Morgan fingerprint density at radius 1 is 1.42 bits per heavy atom. The zero-order chi connectivity index (χ0) is 8.81. The fraction of sp³-hybridized carbons (Fsp3) is 0.400. The van der Waals surface area contributed by atoms with Crippen LogP contribution in [0.2, 0.25) is 0 Å². The lowest BCUT2D eigenvalue weighted by Crippen LogP contribution is -2.10. The molecule has 1 aromatic carbocycles. The molecule has 0 aromatic heterocycles. The predicted octanol–water partition coefficient (Wildman–Crippen LogP) is 2.17. The number of benzene rings is 1. The number of hydrogen-bond donors (Lipinski definition) is 1. The first kappa shape index (κ1) is 9.62. The highest BCUT2D eigenvalue weighted by atomic mass is 32.2. The third-order valence-corrected chi connectivity index (χ3v) is 2.52. The molecule has 0 saturated heterocycles. The van der Waals surface area contributed by atoms with E-state index in [9.17, 15) is 0 Å². The van der Waals surface area contributed by atoms with E-state index in [1.165, 1.54) is 10.5 Å². The van der Waals surface area contributed by atoms with Gasteiger partial charge in [0.1, 0.15) is 0 Å². The summed E-state index contributed by atoms with van der Waals surface area (Å²) in [5.41, 5.74) is 1.41. The van der Waals surface area contributed by atoms with Gasteiger partial charge in [0.05, 0.1) is 0 Å². The first-order valence-corrected chi connectivity index (χ1v) is 5.37. The monoisotopic (exact) mass is 181 g/mol. The molecule has 0 aliphatic carbocycles. The van der Waals surface area contributed by atoms with Crippen molar-refractivity contribution in [2.24, 2.45) is 0 Å². The third-order valence-electron chi connectivity index (χ3n) is 1.80. The van der Waals surface area contributed by atoms with Crippen molar-refractivity contribution in [3.05, 3.63) is 29.8 Å². The second kappa shape index (κ2) is 5.22. The summed E-state index contributed by atoms with van der Waals surface area (Å²) in [5.74, 6) is 0. The average Bonchev–Trinajstić information content (AvgIpc) is 2.15. The van der Waals surface area contributed by atoms with Gasteiger partial charge in [0.2, 0.25) is 0 Å². The van der Waals surface area contributed by atoms with Gasteiger partial charge in [-0.15, -0.1) is 11.8 Å². The predicted molar refractivity (Wildman–Crippen MR) is 55.9 cm³/mol. The summed E-state index contributed by atoms with van der Waals surface area (Å²) in [5, 5.41) is 3.15. The highest BCUT2D eigenvalue weighted by molar-refractivity contribution is 7.98. The first-order chi connectivity index (χ1) is 5.86. The van der Waals surface area contributed by atoms with Gasteiger partial charge in [-0.1, -0.05) is 12.1 Å². The molecule has 1 rings (SSSR count). The maximum Gasteiger partial charge on any atom is 0.00718 e. The summed E-state index contributed by atoms with van der Waals surface area (Å²) in [6.07, 6.45) is 3.22.